The summed E-state index contributed by atoms with van der Waals surface area (Å²) in [5.41, 5.74) is -0.946. The monoisotopic (exact) mass is 283 g/mol. The van der Waals surface area contributed by atoms with E-state index in [0.29, 0.717) is 18.5 Å². The van der Waals surface area contributed by atoms with Crippen molar-refractivity contribution in [1.29, 1.82) is 0 Å². The fourth-order valence-electron chi connectivity index (χ4n) is 1.58. The second-order valence-corrected chi connectivity index (χ2v) is 5.78. The van der Waals surface area contributed by atoms with Gasteiger partial charge in [-0.25, -0.2) is 13.1 Å². The van der Waals surface area contributed by atoms with Crippen LogP contribution in [0.1, 0.15) is 13.3 Å². The molecule has 7 nitrogen and oxygen atoms in total. The molecular formula is C11H13N3O4S. The Labute approximate surface area is 108 Å². The first kappa shape index (κ1) is 13.5. The van der Waals surface area contributed by atoms with Gasteiger partial charge in [0.15, 0.2) is 0 Å². The molecule has 0 radical (unpaired) electrons. The normalized spacial score (nSPS) is 11.8. The quantitative estimate of drug-likeness (QED) is 0.680. The zero-order valence-electron chi connectivity index (χ0n) is 10.2. The lowest BCUT2D eigenvalue weighted by atomic mass is 10.3. The van der Waals surface area contributed by atoms with Crippen molar-refractivity contribution in [2.45, 2.75) is 18.2 Å². The highest BCUT2D eigenvalue weighted by molar-refractivity contribution is 7.89. The largest absolute Gasteiger partial charge is 0.316 e. The third kappa shape index (κ3) is 2.74. The van der Waals surface area contributed by atoms with Crippen molar-refractivity contribution in [2.24, 2.45) is 0 Å². The number of hydrogen-bond donors (Lipinski definition) is 3. The molecule has 0 saturated heterocycles. The molecule has 19 heavy (non-hydrogen) atoms. The van der Waals surface area contributed by atoms with Crippen molar-refractivity contribution in [3.8, 4) is 0 Å². The van der Waals surface area contributed by atoms with E-state index in [4.69, 9.17) is 0 Å². The van der Waals surface area contributed by atoms with Gasteiger partial charge in [-0.2, -0.15) is 0 Å². The van der Waals surface area contributed by atoms with E-state index in [1.807, 2.05) is 6.92 Å². The van der Waals surface area contributed by atoms with Gasteiger partial charge in [-0.15, -0.1) is 0 Å². The molecule has 2 aromatic rings. The molecular weight excluding hydrogens is 270 g/mol. The molecule has 0 saturated carbocycles. The molecule has 1 heterocycles. The number of H-pyrrole nitrogens is 2. The van der Waals surface area contributed by atoms with Gasteiger partial charge in [0, 0.05) is 6.54 Å². The van der Waals surface area contributed by atoms with E-state index in [1.165, 1.54) is 18.2 Å². The Morgan fingerprint density at radius 1 is 1.11 bits per heavy atom. The maximum Gasteiger partial charge on any atom is 0.314 e. The van der Waals surface area contributed by atoms with Crippen LogP contribution in [0.5, 0.6) is 0 Å². The number of hydrogen-bond acceptors (Lipinski definition) is 4. The topological polar surface area (TPSA) is 112 Å². The number of rotatable bonds is 4. The summed E-state index contributed by atoms with van der Waals surface area (Å²) in [6, 6.07) is 4.12. The number of nitrogens with one attached hydrogen (secondary N) is 3. The van der Waals surface area contributed by atoms with Crippen LogP contribution in [0.2, 0.25) is 0 Å². The van der Waals surface area contributed by atoms with Crippen molar-refractivity contribution in [3.63, 3.8) is 0 Å². The first-order valence-electron chi connectivity index (χ1n) is 5.70. The van der Waals surface area contributed by atoms with Crippen molar-refractivity contribution in [2.75, 3.05) is 6.54 Å². The highest BCUT2D eigenvalue weighted by Crippen LogP contribution is 2.14. The van der Waals surface area contributed by atoms with Crippen LogP contribution in [0.3, 0.4) is 0 Å². The molecule has 3 N–H and O–H groups in total. The number of benzene rings is 1. The zero-order chi connectivity index (χ0) is 14.0. The third-order valence-electron chi connectivity index (χ3n) is 2.55. The molecule has 0 aliphatic rings. The van der Waals surface area contributed by atoms with Crippen LogP contribution < -0.4 is 15.8 Å². The number of sulfonamides is 1. The van der Waals surface area contributed by atoms with Gasteiger partial charge in [0.05, 0.1) is 15.9 Å². The highest BCUT2D eigenvalue weighted by atomic mass is 32.2. The molecule has 0 amide bonds. The van der Waals surface area contributed by atoms with Crippen LogP contribution in [0.15, 0.2) is 32.7 Å². The summed E-state index contributed by atoms with van der Waals surface area (Å²) in [6.07, 6.45) is 0.678. The molecule has 0 bridgehead atoms. The fraction of sp³-hybridized carbons (Fsp3) is 0.273. The maximum atomic E-state index is 11.9. The van der Waals surface area contributed by atoms with Gasteiger partial charge in [-0.3, -0.25) is 9.59 Å². The SMILES string of the molecule is CCCNS(=O)(=O)c1ccc2[nH]c(=O)c(=O)[nH]c2c1. The molecule has 1 aromatic heterocycles. The molecule has 0 aliphatic carbocycles. The average molecular weight is 283 g/mol. The minimum atomic E-state index is -3.60. The van der Waals surface area contributed by atoms with Crippen molar-refractivity contribution >= 4 is 21.1 Å². The van der Waals surface area contributed by atoms with Gasteiger partial charge >= 0.3 is 11.1 Å². The Hall–Kier alpha value is -1.93. The molecule has 2 rings (SSSR count). The molecule has 0 atom stereocenters. The predicted molar refractivity (Wildman–Crippen MR) is 70.7 cm³/mol. The molecule has 0 fully saturated rings. The predicted octanol–water partition coefficient (Wildman–Crippen LogP) is -0.0953. The summed E-state index contributed by atoms with van der Waals surface area (Å²) in [5.74, 6) is 0. The van der Waals surface area contributed by atoms with E-state index in [2.05, 4.69) is 14.7 Å². The number of aromatic nitrogens is 2. The first-order valence-corrected chi connectivity index (χ1v) is 7.18. The Kier molecular flexibility index (Phi) is 3.54. The number of fused-ring (bicyclic) bond motifs is 1. The van der Waals surface area contributed by atoms with Crippen LogP contribution >= 0.6 is 0 Å². The van der Waals surface area contributed by atoms with Crippen LogP contribution in [0.25, 0.3) is 11.0 Å². The van der Waals surface area contributed by atoms with E-state index in [1.54, 1.807) is 0 Å². The highest BCUT2D eigenvalue weighted by Gasteiger charge is 2.13. The minimum absolute atomic E-state index is 0.0381. The fourth-order valence-corrected chi connectivity index (χ4v) is 2.74. The average Bonchev–Trinajstić information content (AvgIpc) is 2.37. The summed E-state index contributed by atoms with van der Waals surface area (Å²) in [4.78, 5) is 27.1. The van der Waals surface area contributed by atoms with Crippen molar-refractivity contribution < 1.29 is 8.42 Å². The van der Waals surface area contributed by atoms with Gasteiger partial charge in [-0.05, 0) is 24.6 Å². The maximum absolute atomic E-state index is 11.9. The second-order valence-electron chi connectivity index (χ2n) is 4.01. The zero-order valence-corrected chi connectivity index (χ0v) is 11.0. The summed E-state index contributed by atoms with van der Waals surface area (Å²) < 4.78 is 26.2. The van der Waals surface area contributed by atoms with Crippen LogP contribution in [-0.4, -0.2) is 24.9 Å². The smallest absolute Gasteiger partial charge is 0.314 e. The van der Waals surface area contributed by atoms with E-state index in [-0.39, 0.29) is 10.4 Å². The van der Waals surface area contributed by atoms with Crippen LogP contribution in [0.4, 0.5) is 0 Å². The lowest BCUT2D eigenvalue weighted by Gasteiger charge is -2.06. The molecule has 8 heteroatoms. The van der Waals surface area contributed by atoms with Gasteiger partial charge in [-0.1, -0.05) is 6.92 Å². The minimum Gasteiger partial charge on any atom is -0.316 e. The molecule has 0 aliphatic heterocycles. The standard InChI is InChI=1S/C11H13N3O4S/c1-2-5-12-19(17,18)7-3-4-8-9(6-7)14-11(16)10(15)13-8/h3-4,6,12H,2,5H2,1H3,(H,13,15)(H,14,16). The summed E-state index contributed by atoms with van der Waals surface area (Å²) in [5, 5.41) is 0. The van der Waals surface area contributed by atoms with E-state index in [9.17, 15) is 18.0 Å². The summed E-state index contributed by atoms with van der Waals surface area (Å²) in [6.45, 7) is 2.19. The lowest BCUT2D eigenvalue weighted by molar-refractivity contribution is 0.581. The molecule has 102 valence electrons. The van der Waals surface area contributed by atoms with Gasteiger partial charge in [0.25, 0.3) is 0 Å². The molecule has 1 aromatic carbocycles. The Balaban J connectivity index is 2.56. The van der Waals surface area contributed by atoms with E-state index >= 15 is 0 Å². The van der Waals surface area contributed by atoms with Crippen LogP contribution in [-0.2, 0) is 10.0 Å². The summed E-state index contributed by atoms with van der Waals surface area (Å²) in [7, 11) is -3.60. The third-order valence-corrected chi connectivity index (χ3v) is 4.00. The Bertz CT molecular complexity index is 820. The number of aromatic amines is 2. The Morgan fingerprint density at radius 3 is 2.37 bits per heavy atom. The second kappa shape index (κ2) is 4.98. The lowest BCUT2D eigenvalue weighted by Crippen LogP contribution is -2.29. The van der Waals surface area contributed by atoms with E-state index in [0.717, 1.165) is 0 Å². The van der Waals surface area contributed by atoms with Gasteiger partial charge in [0.1, 0.15) is 0 Å². The molecule has 0 unspecified atom stereocenters. The molecule has 0 spiro atoms. The van der Waals surface area contributed by atoms with Crippen LogP contribution in [0, 0.1) is 0 Å². The van der Waals surface area contributed by atoms with Crippen molar-refractivity contribution in [3.05, 3.63) is 38.9 Å². The summed E-state index contributed by atoms with van der Waals surface area (Å²) >= 11 is 0. The Morgan fingerprint density at radius 2 is 1.74 bits per heavy atom. The first-order chi connectivity index (χ1) is 8.94. The van der Waals surface area contributed by atoms with Gasteiger partial charge in [0.2, 0.25) is 10.0 Å². The van der Waals surface area contributed by atoms with Gasteiger partial charge < -0.3 is 9.97 Å². The van der Waals surface area contributed by atoms with Crippen molar-refractivity contribution in [1.82, 2.24) is 14.7 Å². The van der Waals surface area contributed by atoms with E-state index < -0.39 is 21.1 Å².